The number of benzene rings is 1. The summed E-state index contributed by atoms with van der Waals surface area (Å²) < 4.78 is 2.23. The molecule has 1 saturated carbocycles. The lowest BCUT2D eigenvalue weighted by Gasteiger charge is -2.51. The highest BCUT2D eigenvalue weighted by Gasteiger charge is 2.52. The molecule has 0 amide bonds. The number of nitrogens with zero attached hydrogens (tertiary/aromatic N) is 2. The molecule has 3 nitrogen and oxygen atoms in total. The highest BCUT2D eigenvalue weighted by Crippen LogP contribution is 2.55. The summed E-state index contributed by atoms with van der Waals surface area (Å²) in [7, 11) is 0. The van der Waals surface area contributed by atoms with Crippen LogP contribution in [0.3, 0.4) is 0 Å². The van der Waals surface area contributed by atoms with Crippen LogP contribution in [0.5, 0.6) is 0 Å². The first-order valence-corrected chi connectivity index (χ1v) is 6.89. The van der Waals surface area contributed by atoms with Crippen LogP contribution in [0.1, 0.15) is 31.9 Å². The standard InChI is InChI=1S/C16H18N2O/c1-16(2)7-12(15(16)19)14-11-6-4-3-5-10(11)13-8-17-9-18(13)14/h3-6,8-9,12,14-15,19H,7H2,1-2H3/t12-,14?,15+/m1/s1. The van der Waals surface area contributed by atoms with Gasteiger partial charge >= 0.3 is 0 Å². The summed E-state index contributed by atoms with van der Waals surface area (Å²) in [5.41, 5.74) is 3.82. The predicted octanol–water partition coefficient (Wildman–Crippen LogP) is 2.86. The van der Waals surface area contributed by atoms with Crippen LogP contribution in [-0.2, 0) is 0 Å². The topological polar surface area (TPSA) is 38.0 Å². The van der Waals surface area contributed by atoms with Crippen LogP contribution in [0.2, 0.25) is 0 Å². The Hall–Kier alpha value is -1.61. The van der Waals surface area contributed by atoms with E-state index < -0.39 is 0 Å². The van der Waals surface area contributed by atoms with E-state index in [4.69, 9.17) is 0 Å². The van der Waals surface area contributed by atoms with E-state index in [1.807, 2.05) is 12.5 Å². The van der Waals surface area contributed by atoms with Crippen molar-refractivity contribution in [1.82, 2.24) is 9.55 Å². The van der Waals surface area contributed by atoms with Gasteiger partial charge in [-0.2, -0.15) is 0 Å². The summed E-state index contributed by atoms with van der Waals surface area (Å²) in [6, 6.07) is 8.74. The zero-order valence-electron chi connectivity index (χ0n) is 11.2. The number of fused-ring (bicyclic) bond motifs is 3. The monoisotopic (exact) mass is 254 g/mol. The third-order valence-electron chi connectivity index (χ3n) is 4.89. The smallest absolute Gasteiger partial charge is 0.0956 e. The van der Waals surface area contributed by atoms with Gasteiger partial charge in [-0.3, -0.25) is 0 Å². The van der Waals surface area contributed by atoms with Gasteiger partial charge in [0.25, 0.3) is 0 Å². The van der Waals surface area contributed by atoms with Gasteiger partial charge < -0.3 is 9.67 Å². The van der Waals surface area contributed by atoms with Crippen LogP contribution in [0.15, 0.2) is 36.8 Å². The molecule has 2 heterocycles. The second-order valence-electron chi connectivity index (χ2n) is 6.52. The van der Waals surface area contributed by atoms with Crippen molar-refractivity contribution in [2.75, 3.05) is 0 Å². The SMILES string of the molecule is CC1(C)C[C@H](C2c3ccccc3-c3cncn32)[C@@H]1O. The van der Waals surface area contributed by atoms with Crippen molar-refractivity contribution in [3.8, 4) is 11.3 Å². The van der Waals surface area contributed by atoms with E-state index in [9.17, 15) is 5.11 Å². The molecule has 3 atom stereocenters. The zero-order chi connectivity index (χ0) is 13.2. The second kappa shape index (κ2) is 3.48. The molecule has 19 heavy (non-hydrogen) atoms. The molecular weight excluding hydrogens is 236 g/mol. The van der Waals surface area contributed by atoms with Crippen LogP contribution in [-0.4, -0.2) is 20.8 Å². The van der Waals surface area contributed by atoms with Crippen molar-refractivity contribution in [2.45, 2.75) is 32.4 Å². The molecule has 4 rings (SSSR count). The molecule has 1 unspecified atom stereocenters. The van der Waals surface area contributed by atoms with Crippen molar-refractivity contribution in [1.29, 1.82) is 0 Å². The molecule has 2 aliphatic rings. The number of hydrogen-bond donors (Lipinski definition) is 1. The average molecular weight is 254 g/mol. The quantitative estimate of drug-likeness (QED) is 0.849. The lowest BCUT2D eigenvalue weighted by molar-refractivity contribution is -0.112. The first-order valence-electron chi connectivity index (χ1n) is 6.89. The number of aliphatic hydroxyl groups excluding tert-OH is 1. The molecule has 0 bridgehead atoms. The fourth-order valence-electron chi connectivity index (χ4n) is 3.85. The molecule has 0 radical (unpaired) electrons. The van der Waals surface area contributed by atoms with Crippen molar-refractivity contribution in [2.24, 2.45) is 11.3 Å². The molecule has 1 aliphatic carbocycles. The molecule has 3 heteroatoms. The van der Waals surface area contributed by atoms with Gasteiger partial charge in [-0.1, -0.05) is 38.1 Å². The molecule has 1 fully saturated rings. The number of aliphatic hydroxyl groups is 1. The van der Waals surface area contributed by atoms with Gasteiger partial charge in [0.1, 0.15) is 0 Å². The van der Waals surface area contributed by atoms with Gasteiger partial charge in [0, 0.05) is 11.5 Å². The first kappa shape index (κ1) is 11.2. The average Bonchev–Trinajstić information content (AvgIpc) is 2.96. The largest absolute Gasteiger partial charge is 0.392 e. The minimum atomic E-state index is -0.237. The van der Waals surface area contributed by atoms with Crippen molar-refractivity contribution in [3.63, 3.8) is 0 Å². The maximum absolute atomic E-state index is 10.5. The van der Waals surface area contributed by atoms with E-state index in [2.05, 4.69) is 47.7 Å². The van der Waals surface area contributed by atoms with Gasteiger partial charge in [-0.05, 0) is 17.4 Å². The van der Waals surface area contributed by atoms with Gasteiger partial charge in [0.2, 0.25) is 0 Å². The summed E-state index contributed by atoms with van der Waals surface area (Å²) in [6.45, 7) is 4.29. The maximum Gasteiger partial charge on any atom is 0.0956 e. The normalized spacial score (nSPS) is 30.6. The van der Waals surface area contributed by atoms with Crippen LogP contribution >= 0.6 is 0 Å². The number of hydrogen-bond acceptors (Lipinski definition) is 2. The number of aromatic nitrogens is 2. The fraction of sp³-hybridized carbons (Fsp3) is 0.438. The molecule has 1 N–H and O–H groups in total. The Morgan fingerprint density at radius 2 is 2.11 bits per heavy atom. The molecular formula is C16H18N2O. The van der Waals surface area contributed by atoms with Crippen LogP contribution < -0.4 is 0 Å². The Kier molecular flexibility index (Phi) is 2.06. The summed E-state index contributed by atoms with van der Waals surface area (Å²) in [6.07, 6.45) is 4.65. The van der Waals surface area contributed by atoms with Crippen LogP contribution in [0, 0.1) is 11.3 Å². The van der Waals surface area contributed by atoms with E-state index in [0.717, 1.165) is 6.42 Å². The number of rotatable bonds is 1. The van der Waals surface area contributed by atoms with Crippen molar-refractivity contribution in [3.05, 3.63) is 42.4 Å². The fourth-order valence-corrected chi connectivity index (χ4v) is 3.85. The Labute approximate surface area is 112 Å². The second-order valence-corrected chi connectivity index (χ2v) is 6.52. The summed E-state index contributed by atoms with van der Waals surface area (Å²) in [4.78, 5) is 4.28. The summed E-state index contributed by atoms with van der Waals surface area (Å²) >= 11 is 0. The molecule has 0 spiro atoms. The highest BCUT2D eigenvalue weighted by molar-refractivity contribution is 5.69. The number of imidazole rings is 1. The van der Waals surface area contributed by atoms with E-state index in [0.29, 0.717) is 5.92 Å². The molecule has 1 aromatic heterocycles. The Morgan fingerprint density at radius 3 is 2.84 bits per heavy atom. The summed E-state index contributed by atoms with van der Waals surface area (Å²) in [5, 5.41) is 10.5. The van der Waals surface area contributed by atoms with E-state index in [1.165, 1.54) is 16.8 Å². The first-order chi connectivity index (χ1) is 9.09. The maximum atomic E-state index is 10.5. The van der Waals surface area contributed by atoms with Crippen molar-refractivity contribution >= 4 is 0 Å². The van der Waals surface area contributed by atoms with Gasteiger partial charge in [0.05, 0.1) is 30.4 Å². The summed E-state index contributed by atoms with van der Waals surface area (Å²) in [5.74, 6) is 0.298. The lowest BCUT2D eigenvalue weighted by atomic mass is 9.58. The minimum absolute atomic E-state index is 0.0446. The van der Waals surface area contributed by atoms with Gasteiger partial charge in [-0.15, -0.1) is 0 Å². The third-order valence-corrected chi connectivity index (χ3v) is 4.89. The van der Waals surface area contributed by atoms with E-state index >= 15 is 0 Å². The van der Waals surface area contributed by atoms with Crippen molar-refractivity contribution < 1.29 is 5.11 Å². The Bertz CT molecular complexity index is 644. The Morgan fingerprint density at radius 1 is 1.32 bits per heavy atom. The zero-order valence-corrected chi connectivity index (χ0v) is 11.2. The van der Waals surface area contributed by atoms with Crippen LogP contribution in [0.25, 0.3) is 11.3 Å². The van der Waals surface area contributed by atoms with Gasteiger partial charge in [-0.25, -0.2) is 4.98 Å². The van der Waals surface area contributed by atoms with Gasteiger partial charge in [0.15, 0.2) is 0 Å². The van der Waals surface area contributed by atoms with E-state index in [1.54, 1.807) is 0 Å². The molecule has 1 aliphatic heterocycles. The minimum Gasteiger partial charge on any atom is -0.392 e. The third kappa shape index (κ3) is 1.34. The molecule has 2 aromatic rings. The van der Waals surface area contributed by atoms with E-state index in [-0.39, 0.29) is 17.6 Å². The highest BCUT2D eigenvalue weighted by atomic mass is 16.3. The molecule has 98 valence electrons. The Balaban J connectivity index is 1.82. The lowest BCUT2D eigenvalue weighted by Crippen LogP contribution is -2.51. The van der Waals surface area contributed by atoms with Crippen LogP contribution in [0.4, 0.5) is 0 Å². The molecule has 0 saturated heterocycles. The predicted molar refractivity (Wildman–Crippen MR) is 73.7 cm³/mol. The molecule has 1 aromatic carbocycles.